The van der Waals surface area contributed by atoms with Crippen LogP contribution in [0.15, 0.2) is 18.2 Å². The molecule has 1 heterocycles. The van der Waals surface area contributed by atoms with Crippen molar-refractivity contribution in [3.63, 3.8) is 0 Å². The number of nitrogens with one attached hydrogen (secondary N) is 1. The molecule has 1 saturated heterocycles. The van der Waals surface area contributed by atoms with Crippen molar-refractivity contribution < 1.29 is 9.72 Å². The summed E-state index contributed by atoms with van der Waals surface area (Å²) in [5, 5.41) is 14.5. The van der Waals surface area contributed by atoms with E-state index >= 15 is 0 Å². The fraction of sp³-hybridized carbons (Fsp3) is 0.611. The molecule has 0 spiro atoms. The zero-order valence-corrected chi connectivity index (χ0v) is 14.0. The highest BCUT2D eigenvalue weighted by molar-refractivity contribution is 5.96. The zero-order chi connectivity index (χ0) is 16.9. The van der Waals surface area contributed by atoms with E-state index < -0.39 is 0 Å². The summed E-state index contributed by atoms with van der Waals surface area (Å²) in [5.41, 5.74) is 1.04. The first-order valence-corrected chi connectivity index (χ1v) is 8.99. The van der Waals surface area contributed by atoms with Crippen molar-refractivity contribution in [1.29, 1.82) is 0 Å². The minimum absolute atomic E-state index is 0.0328. The van der Waals surface area contributed by atoms with Gasteiger partial charge in [-0.05, 0) is 37.8 Å². The lowest BCUT2D eigenvalue weighted by Crippen LogP contribution is -2.34. The van der Waals surface area contributed by atoms with E-state index in [1.54, 1.807) is 12.1 Å². The van der Waals surface area contributed by atoms with Crippen LogP contribution in [0, 0.1) is 10.1 Å². The largest absolute Gasteiger partial charge is 0.366 e. The molecule has 1 N–H and O–H groups in total. The highest BCUT2D eigenvalue weighted by Gasteiger charge is 2.24. The van der Waals surface area contributed by atoms with Gasteiger partial charge < -0.3 is 10.2 Å². The Hall–Kier alpha value is -2.11. The molecule has 0 radical (unpaired) electrons. The number of carbonyl (C=O) groups excluding carboxylic acids is 1. The van der Waals surface area contributed by atoms with Gasteiger partial charge in [0.1, 0.15) is 5.69 Å². The van der Waals surface area contributed by atoms with Crippen LogP contribution in [0.2, 0.25) is 0 Å². The summed E-state index contributed by atoms with van der Waals surface area (Å²) in [4.78, 5) is 25.6. The van der Waals surface area contributed by atoms with E-state index in [-0.39, 0.29) is 22.6 Å². The molecule has 0 atom stereocenters. The van der Waals surface area contributed by atoms with E-state index in [1.807, 2.05) is 4.90 Å². The third-order valence-electron chi connectivity index (χ3n) is 5.07. The molecule has 2 aliphatic rings. The number of rotatable bonds is 4. The van der Waals surface area contributed by atoms with E-state index in [0.717, 1.165) is 51.6 Å². The molecule has 24 heavy (non-hydrogen) atoms. The molecule has 0 unspecified atom stereocenters. The fourth-order valence-corrected chi connectivity index (χ4v) is 3.73. The van der Waals surface area contributed by atoms with E-state index in [0.29, 0.717) is 11.3 Å². The lowest BCUT2D eigenvalue weighted by Gasteiger charge is -2.19. The van der Waals surface area contributed by atoms with Crippen molar-refractivity contribution >= 4 is 17.3 Å². The van der Waals surface area contributed by atoms with Gasteiger partial charge in [0.15, 0.2) is 0 Å². The van der Waals surface area contributed by atoms with E-state index in [4.69, 9.17) is 0 Å². The Bertz CT molecular complexity index is 604. The van der Waals surface area contributed by atoms with Crippen LogP contribution in [0.3, 0.4) is 0 Å². The number of carbonyl (C=O) groups is 1. The molecule has 2 fully saturated rings. The summed E-state index contributed by atoms with van der Waals surface area (Å²) in [6.45, 7) is 1.68. The maximum absolute atomic E-state index is 12.5. The van der Waals surface area contributed by atoms with Gasteiger partial charge in [0.05, 0.1) is 4.92 Å². The van der Waals surface area contributed by atoms with Crippen LogP contribution in [0.25, 0.3) is 0 Å². The lowest BCUT2D eigenvalue weighted by atomic mass is 10.1. The number of nitro benzene ring substituents is 1. The second kappa shape index (κ2) is 7.64. The average molecular weight is 331 g/mol. The molecule has 0 bridgehead atoms. The van der Waals surface area contributed by atoms with Gasteiger partial charge in [0, 0.05) is 30.8 Å². The molecule has 1 aromatic carbocycles. The average Bonchev–Trinajstić information content (AvgIpc) is 2.99. The molecule has 1 aromatic rings. The Labute approximate surface area is 142 Å². The number of nitro groups is 1. The highest BCUT2D eigenvalue weighted by atomic mass is 16.6. The number of hydrogen-bond acceptors (Lipinski definition) is 4. The van der Waals surface area contributed by atoms with E-state index in [9.17, 15) is 14.9 Å². The van der Waals surface area contributed by atoms with Gasteiger partial charge in [0.2, 0.25) is 0 Å². The third-order valence-corrected chi connectivity index (χ3v) is 5.07. The van der Waals surface area contributed by atoms with Crippen LogP contribution >= 0.6 is 0 Å². The van der Waals surface area contributed by atoms with Crippen molar-refractivity contribution in [1.82, 2.24) is 5.32 Å². The molecular formula is C18H25N3O3. The quantitative estimate of drug-likeness (QED) is 0.519. The molecule has 3 rings (SSSR count). The second-order valence-electron chi connectivity index (χ2n) is 6.82. The summed E-state index contributed by atoms with van der Waals surface area (Å²) < 4.78 is 0. The van der Waals surface area contributed by atoms with Gasteiger partial charge in [0.25, 0.3) is 11.6 Å². The summed E-state index contributed by atoms with van der Waals surface area (Å²) in [5.74, 6) is -0.196. The van der Waals surface area contributed by atoms with Gasteiger partial charge in [-0.2, -0.15) is 0 Å². The van der Waals surface area contributed by atoms with Gasteiger partial charge >= 0.3 is 0 Å². The molecule has 1 amide bonds. The molecule has 1 aliphatic heterocycles. The predicted octanol–water partition coefficient (Wildman–Crippen LogP) is 3.65. The van der Waals surface area contributed by atoms with Crippen LogP contribution in [0.5, 0.6) is 0 Å². The van der Waals surface area contributed by atoms with Crippen LogP contribution in [0.4, 0.5) is 11.4 Å². The maximum atomic E-state index is 12.5. The molecule has 0 aromatic heterocycles. The Kier molecular flexibility index (Phi) is 5.33. The summed E-state index contributed by atoms with van der Waals surface area (Å²) >= 11 is 0. The first-order valence-electron chi connectivity index (χ1n) is 8.99. The van der Waals surface area contributed by atoms with Crippen LogP contribution in [-0.2, 0) is 0 Å². The fourth-order valence-electron chi connectivity index (χ4n) is 3.73. The van der Waals surface area contributed by atoms with Crippen molar-refractivity contribution in [2.45, 2.75) is 57.4 Å². The minimum atomic E-state index is -0.379. The Morgan fingerprint density at radius 1 is 1.08 bits per heavy atom. The monoisotopic (exact) mass is 331 g/mol. The predicted molar refractivity (Wildman–Crippen MR) is 93.5 cm³/mol. The Morgan fingerprint density at radius 3 is 2.38 bits per heavy atom. The minimum Gasteiger partial charge on any atom is -0.366 e. The summed E-state index contributed by atoms with van der Waals surface area (Å²) in [7, 11) is 0. The second-order valence-corrected chi connectivity index (χ2v) is 6.82. The normalized spacial score (nSPS) is 19.1. The standard InChI is InChI=1S/C18H25N3O3/c22-18(19-15-7-3-1-2-4-8-15)14-9-10-16(17(13-14)21(23)24)20-11-5-6-12-20/h9-10,13,15H,1-8,11-12H2,(H,19,22). The molecular weight excluding hydrogens is 306 g/mol. The molecule has 1 saturated carbocycles. The summed E-state index contributed by atoms with van der Waals surface area (Å²) in [6.07, 6.45) is 8.84. The van der Waals surface area contributed by atoms with Gasteiger partial charge in [-0.25, -0.2) is 0 Å². The number of nitrogens with zero attached hydrogens (tertiary/aromatic N) is 2. The number of amides is 1. The van der Waals surface area contributed by atoms with E-state index in [2.05, 4.69) is 5.32 Å². The van der Waals surface area contributed by atoms with Crippen LogP contribution in [0.1, 0.15) is 61.7 Å². The van der Waals surface area contributed by atoms with Crippen LogP contribution in [-0.4, -0.2) is 30.0 Å². The van der Waals surface area contributed by atoms with Crippen molar-refractivity contribution in [2.75, 3.05) is 18.0 Å². The number of hydrogen-bond donors (Lipinski definition) is 1. The first-order chi connectivity index (χ1) is 11.6. The highest BCUT2D eigenvalue weighted by Crippen LogP contribution is 2.31. The smallest absolute Gasteiger partial charge is 0.293 e. The van der Waals surface area contributed by atoms with Crippen molar-refractivity contribution in [3.05, 3.63) is 33.9 Å². The Morgan fingerprint density at radius 2 is 1.75 bits per heavy atom. The van der Waals surface area contributed by atoms with Gasteiger partial charge in [-0.1, -0.05) is 25.7 Å². The third kappa shape index (κ3) is 3.86. The Balaban J connectivity index is 1.76. The number of benzene rings is 1. The van der Waals surface area contributed by atoms with E-state index in [1.165, 1.54) is 18.9 Å². The van der Waals surface area contributed by atoms with Gasteiger partial charge in [-0.15, -0.1) is 0 Å². The van der Waals surface area contributed by atoms with Crippen LogP contribution < -0.4 is 10.2 Å². The molecule has 6 nitrogen and oxygen atoms in total. The lowest BCUT2D eigenvalue weighted by molar-refractivity contribution is -0.384. The first kappa shape index (κ1) is 16.7. The topological polar surface area (TPSA) is 75.5 Å². The number of anilines is 1. The van der Waals surface area contributed by atoms with Crippen molar-refractivity contribution in [3.8, 4) is 0 Å². The molecule has 130 valence electrons. The summed E-state index contributed by atoms with van der Waals surface area (Å²) in [6, 6.07) is 5.06. The SMILES string of the molecule is O=C(NC1CCCCCC1)c1ccc(N2CCCC2)c([N+](=O)[O-])c1. The van der Waals surface area contributed by atoms with Crippen molar-refractivity contribution in [2.24, 2.45) is 0 Å². The zero-order valence-electron chi connectivity index (χ0n) is 14.0. The van der Waals surface area contributed by atoms with Gasteiger partial charge in [-0.3, -0.25) is 14.9 Å². The maximum Gasteiger partial charge on any atom is 0.293 e. The molecule has 6 heteroatoms. The molecule has 1 aliphatic carbocycles.